The third kappa shape index (κ3) is 7.79. The number of amides is 1. The van der Waals surface area contributed by atoms with Crippen molar-refractivity contribution in [1.82, 2.24) is 4.90 Å². The molecule has 0 radical (unpaired) electrons. The predicted molar refractivity (Wildman–Crippen MR) is 185 cm³/mol. The zero-order chi connectivity index (χ0) is 36.9. The van der Waals surface area contributed by atoms with Crippen LogP contribution in [0.1, 0.15) is 108 Å². The van der Waals surface area contributed by atoms with E-state index in [1.54, 1.807) is 6.92 Å². The van der Waals surface area contributed by atoms with Gasteiger partial charge >= 0.3 is 18.2 Å². The molecule has 286 valence electrons. The summed E-state index contributed by atoms with van der Waals surface area (Å²) in [4.78, 5) is 28.4. The van der Waals surface area contributed by atoms with E-state index in [-0.39, 0.29) is 28.4 Å². The first-order chi connectivity index (χ1) is 24.0. The number of halogens is 5. The van der Waals surface area contributed by atoms with E-state index in [2.05, 4.69) is 32.9 Å². The predicted octanol–water partition coefficient (Wildman–Crippen LogP) is 8.90. The van der Waals surface area contributed by atoms with Crippen LogP contribution in [0.4, 0.5) is 26.7 Å². The maximum absolute atomic E-state index is 13.4. The van der Waals surface area contributed by atoms with E-state index in [4.69, 9.17) is 9.47 Å². The van der Waals surface area contributed by atoms with Crippen molar-refractivity contribution >= 4 is 22.7 Å². The molecular formula is C39H54F5NO5S. The zero-order valence-corrected chi connectivity index (χ0v) is 31.2. The molecule has 2 aliphatic heterocycles. The number of fused-ring (bicyclic) bond motifs is 6. The van der Waals surface area contributed by atoms with E-state index in [1.807, 2.05) is 4.90 Å². The molecule has 1 amide bonds. The maximum Gasteiger partial charge on any atom is 0.453 e. The number of alkyl halides is 5. The Hall–Kier alpha value is -2.08. The summed E-state index contributed by atoms with van der Waals surface area (Å²) in [6.45, 7) is 10.8. The van der Waals surface area contributed by atoms with Crippen molar-refractivity contribution in [3.63, 3.8) is 0 Å². The van der Waals surface area contributed by atoms with Crippen LogP contribution in [0, 0.1) is 40.9 Å². The Bertz CT molecular complexity index is 1470. The van der Waals surface area contributed by atoms with Crippen molar-refractivity contribution in [2.24, 2.45) is 40.9 Å². The molecule has 10 atom stereocenters. The molecule has 1 aromatic carbocycles. The molecule has 0 bridgehead atoms. The SMILES string of the molecule is CCc1cc2c(cc1OC(=O)N1CC3COCC3C1)C[C@@H](CCC(C)CC(C)S(=O)CCCC(F)(F)C(F)(F)F)[C@@H]1[C@@H]2CC[C@]2(C)C(=O)CC[C@@H]12. The number of rotatable bonds is 12. The monoisotopic (exact) mass is 743 g/mol. The minimum atomic E-state index is -5.60. The van der Waals surface area contributed by atoms with E-state index in [0.29, 0.717) is 86.2 Å². The van der Waals surface area contributed by atoms with Crippen molar-refractivity contribution in [3.8, 4) is 5.75 Å². The lowest BCUT2D eigenvalue weighted by molar-refractivity contribution is -0.284. The number of benzene rings is 1. The molecule has 4 fully saturated rings. The van der Waals surface area contributed by atoms with Gasteiger partial charge in [0.05, 0.1) is 13.2 Å². The molecule has 5 unspecified atom stereocenters. The molecule has 3 aliphatic carbocycles. The van der Waals surface area contributed by atoms with Crippen LogP contribution in [0.5, 0.6) is 5.75 Å². The third-order valence-electron chi connectivity index (χ3n) is 13.3. The number of carbonyl (C=O) groups excluding carboxylic acids is 2. The van der Waals surface area contributed by atoms with Gasteiger partial charge in [-0.15, -0.1) is 0 Å². The molecule has 0 spiro atoms. The van der Waals surface area contributed by atoms with Crippen LogP contribution in [0.25, 0.3) is 0 Å². The summed E-state index contributed by atoms with van der Waals surface area (Å²) < 4.78 is 88.9. The smallest absolute Gasteiger partial charge is 0.410 e. The highest BCUT2D eigenvalue weighted by molar-refractivity contribution is 7.85. The molecule has 5 aliphatic rings. The molecule has 12 heteroatoms. The number of hydrogen-bond donors (Lipinski definition) is 0. The zero-order valence-electron chi connectivity index (χ0n) is 30.4. The molecule has 2 saturated heterocycles. The second-order valence-electron chi connectivity index (χ2n) is 16.6. The van der Waals surface area contributed by atoms with Crippen molar-refractivity contribution in [3.05, 3.63) is 28.8 Å². The lowest BCUT2D eigenvalue weighted by atomic mass is 9.52. The molecule has 51 heavy (non-hydrogen) atoms. The highest BCUT2D eigenvalue weighted by atomic mass is 32.2. The van der Waals surface area contributed by atoms with Gasteiger partial charge in [0.15, 0.2) is 0 Å². The summed E-state index contributed by atoms with van der Waals surface area (Å²) in [5.74, 6) is -1.78. The summed E-state index contributed by atoms with van der Waals surface area (Å²) in [5, 5.41) is -0.322. The van der Waals surface area contributed by atoms with Crippen molar-refractivity contribution in [2.45, 2.75) is 122 Å². The van der Waals surface area contributed by atoms with Crippen LogP contribution in [0.3, 0.4) is 0 Å². The average Bonchev–Trinajstić information content (AvgIpc) is 3.76. The first kappa shape index (κ1) is 38.6. The van der Waals surface area contributed by atoms with Crippen LogP contribution in [0.15, 0.2) is 12.1 Å². The fourth-order valence-electron chi connectivity index (χ4n) is 10.3. The number of aryl methyl sites for hydroxylation is 1. The number of nitrogens with zero attached hydrogens (tertiary/aromatic N) is 1. The van der Waals surface area contributed by atoms with E-state index < -0.39 is 35.7 Å². The minimum Gasteiger partial charge on any atom is -0.410 e. The molecule has 0 N–H and O–H groups in total. The molecule has 0 aromatic heterocycles. The normalized spacial score (nSPS) is 32.2. The quantitative estimate of drug-likeness (QED) is 0.200. The van der Waals surface area contributed by atoms with Gasteiger partial charge < -0.3 is 14.4 Å². The Morgan fingerprint density at radius 2 is 1.82 bits per heavy atom. The molecule has 2 heterocycles. The van der Waals surface area contributed by atoms with Gasteiger partial charge in [0.1, 0.15) is 11.5 Å². The second kappa shape index (κ2) is 15.0. The number of Topliss-reactive ketones (excluding diaryl/α,β-unsaturated/α-hetero) is 1. The van der Waals surface area contributed by atoms with Crippen LogP contribution >= 0.6 is 0 Å². The standard InChI is InChI=1S/C39H54F5NO5S/c1-5-25-17-31-27(18-33(25)50-36(47)45-19-28-21-49-22-29(28)20-45)16-26(35-30(31)11-13-37(4)32(35)9-10-34(37)46)8-7-23(2)15-24(3)51(48)14-6-12-38(40,41)39(42,43)44/h17-18,23-24,26,28-30,32,35H,5-16,19-22H2,1-4H3/t23?,24?,26-,28?,29?,30-,32+,35-,37+,51?/m1/s1. The van der Waals surface area contributed by atoms with E-state index in [1.165, 1.54) is 11.1 Å². The molecule has 2 saturated carbocycles. The molecule has 6 nitrogen and oxygen atoms in total. The third-order valence-corrected chi connectivity index (χ3v) is 15.1. The maximum atomic E-state index is 13.4. The summed E-state index contributed by atoms with van der Waals surface area (Å²) in [5.41, 5.74) is 3.25. The average molecular weight is 744 g/mol. The van der Waals surface area contributed by atoms with E-state index >= 15 is 0 Å². The largest absolute Gasteiger partial charge is 0.453 e. The summed E-state index contributed by atoms with van der Waals surface area (Å²) in [6.07, 6.45) is -0.477. The van der Waals surface area contributed by atoms with Gasteiger partial charge in [-0.2, -0.15) is 22.0 Å². The van der Waals surface area contributed by atoms with Crippen molar-refractivity contribution < 1.29 is 45.2 Å². The van der Waals surface area contributed by atoms with Crippen molar-refractivity contribution in [1.29, 1.82) is 0 Å². The minimum absolute atomic E-state index is 0.171. The van der Waals surface area contributed by atoms with Gasteiger partial charge in [0.2, 0.25) is 0 Å². The summed E-state index contributed by atoms with van der Waals surface area (Å²) >= 11 is 0. The van der Waals surface area contributed by atoms with Crippen LogP contribution in [0.2, 0.25) is 0 Å². The molecule has 6 rings (SSSR count). The number of ketones is 1. The lowest BCUT2D eigenvalue weighted by Crippen LogP contribution is -2.46. The van der Waals surface area contributed by atoms with Gasteiger partial charge in [0.25, 0.3) is 0 Å². The number of likely N-dealkylation sites (tertiary alicyclic amines) is 1. The van der Waals surface area contributed by atoms with Crippen LogP contribution in [-0.4, -0.2) is 70.4 Å². The second-order valence-corrected chi connectivity index (χ2v) is 18.6. The van der Waals surface area contributed by atoms with Gasteiger partial charge in [0, 0.05) is 65.0 Å². The van der Waals surface area contributed by atoms with Gasteiger partial charge in [-0.25, -0.2) is 4.79 Å². The number of carbonyl (C=O) groups is 2. The Balaban J connectivity index is 1.14. The lowest BCUT2D eigenvalue weighted by Gasteiger charge is -2.52. The summed E-state index contributed by atoms with van der Waals surface area (Å²) in [7, 11) is -1.51. The first-order valence-corrected chi connectivity index (χ1v) is 20.5. The van der Waals surface area contributed by atoms with Gasteiger partial charge in [-0.3, -0.25) is 9.00 Å². The summed E-state index contributed by atoms with van der Waals surface area (Å²) in [6, 6.07) is 4.36. The first-order valence-electron chi connectivity index (χ1n) is 19.1. The van der Waals surface area contributed by atoms with Crippen LogP contribution < -0.4 is 4.74 Å². The molecular weight excluding hydrogens is 689 g/mol. The van der Waals surface area contributed by atoms with E-state index in [9.17, 15) is 35.8 Å². The van der Waals surface area contributed by atoms with Crippen LogP contribution in [-0.2, 0) is 33.2 Å². The molecule has 1 aromatic rings. The Morgan fingerprint density at radius 3 is 2.49 bits per heavy atom. The van der Waals surface area contributed by atoms with E-state index in [0.717, 1.165) is 50.5 Å². The van der Waals surface area contributed by atoms with Crippen molar-refractivity contribution in [2.75, 3.05) is 32.1 Å². The Kier molecular flexibility index (Phi) is 11.3. The number of hydrogen-bond acceptors (Lipinski definition) is 5. The number of ether oxygens (including phenoxy) is 2. The fourth-order valence-corrected chi connectivity index (χ4v) is 11.7. The van der Waals surface area contributed by atoms with Gasteiger partial charge in [-0.1, -0.05) is 40.2 Å². The highest BCUT2D eigenvalue weighted by Crippen LogP contribution is 2.62. The Morgan fingerprint density at radius 1 is 1.12 bits per heavy atom. The topological polar surface area (TPSA) is 72.9 Å². The van der Waals surface area contributed by atoms with Gasteiger partial charge in [-0.05, 0) is 104 Å². The Labute approximate surface area is 301 Å². The highest BCUT2D eigenvalue weighted by Gasteiger charge is 2.58. The fraction of sp³-hybridized carbons (Fsp3) is 0.795.